The molecule has 0 fully saturated rings. The molecule has 3 aromatic rings. The Morgan fingerprint density at radius 3 is 2.25 bits per heavy atom. The van der Waals surface area contributed by atoms with Gasteiger partial charge in [-0.1, -0.05) is 12.1 Å². The molecule has 0 aliphatic heterocycles. The highest BCUT2D eigenvalue weighted by Gasteiger charge is 2.12. The van der Waals surface area contributed by atoms with Gasteiger partial charge < -0.3 is 0 Å². The molecule has 5 heteroatoms. The van der Waals surface area contributed by atoms with Crippen LogP contribution in [0.25, 0.3) is 22.6 Å². The summed E-state index contributed by atoms with van der Waals surface area (Å²) in [5.74, 6) is 0. The fraction of sp³-hybridized carbons (Fsp3) is 0. The average molecular weight is 391 g/mol. The molecule has 0 saturated heterocycles. The first-order valence-corrected chi connectivity index (χ1v) is 7.53. The maximum Gasteiger partial charge on any atom is 0.106 e. The van der Waals surface area contributed by atoms with E-state index in [1.807, 2.05) is 48.5 Å². The van der Waals surface area contributed by atoms with Crippen molar-refractivity contribution in [3.8, 4) is 22.6 Å². The third-order valence-electron chi connectivity index (χ3n) is 2.76. The highest BCUT2D eigenvalue weighted by Crippen LogP contribution is 2.30. The first-order valence-electron chi connectivity index (χ1n) is 5.95. The second-order valence-electron chi connectivity index (χ2n) is 4.09. The number of nitrogens with zero attached hydrogens (tertiary/aromatic N) is 3. The molecule has 0 bridgehead atoms. The van der Waals surface area contributed by atoms with Gasteiger partial charge in [0.2, 0.25) is 0 Å². The number of aromatic nitrogens is 3. The Hall–Kier alpha value is -1.59. The van der Waals surface area contributed by atoms with E-state index in [1.165, 1.54) is 0 Å². The largest absolute Gasteiger partial charge is 0.256 e. The lowest BCUT2D eigenvalue weighted by atomic mass is 10.1. The van der Waals surface area contributed by atoms with Gasteiger partial charge in [-0.25, -0.2) is 9.97 Å². The Kier molecular flexibility index (Phi) is 3.89. The molecule has 0 amide bonds. The highest BCUT2D eigenvalue weighted by molar-refractivity contribution is 9.10. The predicted octanol–water partition coefficient (Wildman–Crippen LogP) is 4.73. The van der Waals surface area contributed by atoms with Crippen LogP contribution >= 0.6 is 31.9 Å². The Labute approximate surface area is 133 Å². The Morgan fingerprint density at radius 2 is 1.50 bits per heavy atom. The average Bonchev–Trinajstić information content (AvgIpc) is 2.48. The van der Waals surface area contributed by atoms with Crippen LogP contribution in [0.4, 0.5) is 0 Å². The van der Waals surface area contributed by atoms with Gasteiger partial charge in [-0.2, -0.15) is 0 Å². The molecule has 0 radical (unpaired) electrons. The first-order chi connectivity index (χ1) is 9.74. The van der Waals surface area contributed by atoms with E-state index in [1.54, 1.807) is 6.20 Å². The summed E-state index contributed by atoms with van der Waals surface area (Å²) in [4.78, 5) is 13.4. The van der Waals surface area contributed by atoms with Crippen molar-refractivity contribution in [3.63, 3.8) is 0 Å². The van der Waals surface area contributed by atoms with E-state index in [2.05, 4.69) is 46.8 Å². The molecular formula is C15H9Br2N3. The summed E-state index contributed by atoms with van der Waals surface area (Å²) in [6.07, 6.45) is 1.77. The summed E-state index contributed by atoms with van der Waals surface area (Å²) in [6.45, 7) is 0. The van der Waals surface area contributed by atoms with Gasteiger partial charge in [0.1, 0.15) is 9.21 Å². The number of rotatable bonds is 2. The van der Waals surface area contributed by atoms with Crippen molar-refractivity contribution in [3.05, 3.63) is 63.9 Å². The lowest BCUT2D eigenvalue weighted by Crippen LogP contribution is -1.94. The van der Waals surface area contributed by atoms with Crippen molar-refractivity contribution < 1.29 is 0 Å². The standard InChI is InChI=1S/C15H9Br2N3/c16-13-6-3-5-12(19-13)15-10(7-8-14(17)20-15)11-4-1-2-9-18-11/h1-9H. The number of halogens is 2. The molecule has 3 aromatic heterocycles. The van der Waals surface area contributed by atoms with E-state index < -0.39 is 0 Å². The van der Waals surface area contributed by atoms with Gasteiger partial charge >= 0.3 is 0 Å². The Balaban J connectivity index is 2.22. The summed E-state index contributed by atoms with van der Waals surface area (Å²) >= 11 is 6.81. The van der Waals surface area contributed by atoms with Gasteiger partial charge in [0, 0.05) is 11.8 Å². The topological polar surface area (TPSA) is 38.7 Å². The molecule has 0 unspecified atom stereocenters. The van der Waals surface area contributed by atoms with Crippen LogP contribution in [-0.2, 0) is 0 Å². The number of hydrogen-bond acceptors (Lipinski definition) is 3. The smallest absolute Gasteiger partial charge is 0.106 e. The van der Waals surface area contributed by atoms with Crippen molar-refractivity contribution in [1.29, 1.82) is 0 Å². The fourth-order valence-electron chi connectivity index (χ4n) is 1.90. The molecule has 3 nitrogen and oxygen atoms in total. The normalized spacial score (nSPS) is 10.5. The first kappa shape index (κ1) is 13.4. The van der Waals surface area contributed by atoms with E-state index in [0.29, 0.717) is 0 Å². The van der Waals surface area contributed by atoms with Crippen molar-refractivity contribution in [2.75, 3.05) is 0 Å². The second kappa shape index (κ2) is 5.81. The van der Waals surface area contributed by atoms with E-state index in [9.17, 15) is 0 Å². The molecule has 0 saturated carbocycles. The van der Waals surface area contributed by atoms with E-state index in [4.69, 9.17) is 0 Å². The SMILES string of the molecule is Brc1cccc(-c2nc(Br)ccc2-c2ccccn2)n1. The van der Waals surface area contributed by atoms with Gasteiger partial charge in [0.25, 0.3) is 0 Å². The van der Waals surface area contributed by atoms with E-state index in [0.717, 1.165) is 31.9 Å². The van der Waals surface area contributed by atoms with Gasteiger partial charge in [-0.15, -0.1) is 0 Å². The maximum atomic E-state index is 4.55. The van der Waals surface area contributed by atoms with Gasteiger partial charge in [0.15, 0.2) is 0 Å². The number of pyridine rings is 3. The van der Waals surface area contributed by atoms with Crippen LogP contribution in [0.5, 0.6) is 0 Å². The van der Waals surface area contributed by atoms with Crippen molar-refractivity contribution >= 4 is 31.9 Å². The summed E-state index contributed by atoms with van der Waals surface area (Å²) in [5, 5.41) is 0. The minimum atomic E-state index is 0.772. The quantitative estimate of drug-likeness (QED) is 0.593. The molecular weight excluding hydrogens is 382 g/mol. The summed E-state index contributed by atoms with van der Waals surface area (Å²) in [6, 6.07) is 15.5. The molecule has 0 aliphatic rings. The molecule has 20 heavy (non-hydrogen) atoms. The van der Waals surface area contributed by atoms with Gasteiger partial charge in [-0.05, 0) is 68.3 Å². The monoisotopic (exact) mass is 389 g/mol. The fourth-order valence-corrected chi connectivity index (χ4v) is 2.55. The van der Waals surface area contributed by atoms with Gasteiger partial charge in [-0.3, -0.25) is 4.98 Å². The van der Waals surface area contributed by atoms with Crippen molar-refractivity contribution in [1.82, 2.24) is 15.0 Å². The molecule has 0 aliphatic carbocycles. The minimum Gasteiger partial charge on any atom is -0.256 e. The van der Waals surface area contributed by atoms with E-state index in [-0.39, 0.29) is 0 Å². The van der Waals surface area contributed by atoms with E-state index >= 15 is 0 Å². The molecule has 0 aromatic carbocycles. The lowest BCUT2D eigenvalue weighted by Gasteiger charge is -2.08. The van der Waals surface area contributed by atoms with Crippen LogP contribution in [0.1, 0.15) is 0 Å². The van der Waals surface area contributed by atoms with Crippen molar-refractivity contribution in [2.45, 2.75) is 0 Å². The summed E-state index contributed by atoms with van der Waals surface area (Å²) < 4.78 is 1.55. The number of hydrogen-bond donors (Lipinski definition) is 0. The summed E-state index contributed by atoms with van der Waals surface area (Å²) in [7, 11) is 0. The zero-order valence-electron chi connectivity index (χ0n) is 10.3. The second-order valence-corrected chi connectivity index (χ2v) is 5.72. The van der Waals surface area contributed by atoms with Crippen LogP contribution in [-0.4, -0.2) is 15.0 Å². The van der Waals surface area contributed by atoms with Crippen LogP contribution in [0.15, 0.2) is 63.9 Å². The zero-order chi connectivity index (χ0) is 13.9. The van der Waals surface area contributed by atoms with Crippen LogP contribution in [0, 0.1) is 0 Å². The zero-order valence-corrected chi connectivity index (χ0v) is 13.5. The maximum absolute atomic E-state index is 4.55. The summed E-state index contributed by atoms with van der Waals surface area (Å²) in [5.41, 5.74) is 3.45. The lowest BCUT2D eigenvalue weighted by molar-refractivity contribution is 1.19. The molecule has 0 N–H and O–H groups in total. The van der Waals surface area contributed by atoms with Crippen LogP contribution in [0.2, 0.25) is 0 Å². The highest BCUT2D eigenvalue weighted by atomic mass is 79.9. The minimum absolute atomic E-state index is 0.772. The van der Waals surface area contributed by atoms with Crippen LogP contribution < -0.4 is 0 Å². The van der Waals surface area contributed by atoms with Crippen molar-refractivity contribution in [2.24, 2.45) is 0 Å². The molecule has 3 heterocycles. The van der Waals surface area contributed by atoms with Crippen LogP contribution in [0.3, 0.4) is 0 Å². The predicted molar refractivity (Wildman–Crippen MR) is 86.1 cm³/mol. The molecule has 0 spiro atoms. The molecule has 3 rings (SSSR count). The molecule has 98 valence electrons. The third kappa shape index (κ3) is 2.78. The Morgan fingerprint density at radius 1 is 0.700 bits per heavy atom. The Bertz CT molecular complexity index is 745. The molecule has 0 atom stereocenters. The third-order valence-corrected chi connectivity index (χ3v) is 3.64. The van der Waals surface area contributed by atoms with Gasteiger partial charge in [0.05, 0.1) is 17.1 Å².